The van der Waals surface area contributed by atoms with Gasteiger partial charge in [-0.2, -0.15) is 5.10 Å². The largest absolute Gasteiger partial charge is 0.508 e. The van der Waals surface area contributed by atoms with Gasteiger partial charge < -0.3 is 9.84 Å². The number of hydrogen-bond donors (Lipinski definition) is 2. The Balaban J connectivity index is 1.84. The first-order chi connectivity index (χ1) is 11.5. The first-order valence-corrected chi connectivity index (χ1v) is 7.81. The van der Waals surface area contributed by atoms with E-state index in [-0.39, 0.29) is 18.3 Å². The molecule has 126 valence electrons. The molecule has 0 aromatic heterocycles. The van der Waals surface area contributed by atoms with Crippen LogP contribution in [0.15, 0.2) is 53.6 Å². The fraction of sp³-hybridized carbons (Fsp3) is 0.263. The minimum absolute atomic E-state index is 0.104. The molecular formula is C19H22N2O3. The van der Waals surface area contributed by atoms with Gasteiger partial charge in [-0.25, -0.2) is 5.43 Å². The lowest BCUT2D eigenvalue weighted by molar-refractivity contribution is -0.123. The first kappa shape index (κ1) is 17.5. The highest BCUT2D eigenvalue weighted by molar-refractivity contribution is 5.99. The van der Waals surface area contributed by atoms with Crippen molar-refractivity contribution < 1.29 is 14.6 Å². The molecule has 2 N–H and O–H groups in total. The standard InChI is InChI=1S/C19H22N2O3/c1-13(2)15-6-10-18(11-7-15)24-12-19(23)21-20-14(3)16-4-8-17(22)9-5-16/h4-11,13,22H,12H2,1-3H3,(H,21,23). The molecule has 5 nitrogen and oxygen atoms in total. The van der Waals surface area contributed by atoms with Crippen LogP contribution in [0, 0.1) is 0 Å². The van der Waals surface area contributed by atoms with Gasteiger partial charge in [-0.3, -0.25) is 4.79 Å². The summed E-state index contributed by atoms with van der Waals surface area (Å²) in [5.74, 6) is 0.960. The molecule has 0 aliphatic carbocycles. The molecule has 0 radical (unpaired) electrons. The average molecular weight is 326 g/mol. The van der Waals surface area contributed by atoms with Crippen LogP contribution in [-0.4, -0.2) is 23.3 Å². The molecule has 0 atom stereocenters. The predicted octanol–water partition coefficient (Wildman–Crippen LogP) is 3.43. The number of nitrogens with zero attached hydrogens (tertiary/aromatic N) is 1. The number of carbonyl (C=O) groups is 1. The maximum absolute atomic E-state index is 11.8. The van der Waals surface area contributed by atoms with E-state index in [4.69, 9.17) is 4.74 Å². The zero-order valence-electron chi connectivity index (χ0n) is 14.1. The van der Waals surface area contributed by atoms with Crippen molar-refractivity contribution in [2.24, 2.45) is 5.10 Å². The Kier molecular flexibility index (Phi) is 5.95. The normalized spacial score (nSPS) is 11.4. The van der Waals surface area contributed by atoms with Crippen molar-refractivity contribution >= 4 is 11.6 Å². The van der Waals surface area contributed by atoms with Gasteiger partial charge in [0.05, 0.1) is 5.71 Å². The van der Waals surface area contributed by atoms with E-state index >= 15 is 0 Å². The molecule has 0 saturated heterocycles. The topological polar surface area (TPSA) is 70.9 Å². The summed E-state index contributed by atoms with van der Waals surface area (Å²) in [6, 6.07) is 14.3. The van der Waals surface area contributed by atoms with Crippen molar-refractivity contribution in [1.82, 2.24) is 5.43 Å². The third-order valence-corrected chi connectivity index (χ3v) is 3.55. The number of aromatic hydroxyl groups is 1. The number of hydrazone groups is 1. The zero-order valence-corrected chi connectivity index (χ0v) is 14.1. The van der Waals surface area contributed by atoms with E-state index in [0.29, 0.717) is 17.4 Å². The van der Waals surface area contributed by atoms with E-state index in [1.807, 2.05) is 24.3 Å². The van der Waals surface area contributed by atoms with Gasteiger partial charge in [0, 0.05) is 0 Å². The molecule has 24 heavy (non-hydrogen) atoms. The summed E-state index contributed by atoms with van der Waals surface area (Å²) in [5, 5.41) is 13.3. The highest BCUT2D eigenvalue weighted by atomic mass is 16.5. The fourth-order valence-corrected chi connectivity index (χ4v) is 2.04. The van der Waals surface area contributed by atoms with E-state index in [1.54, 1.807) is 31.2 Å². The minimum Gasteiger partial charge on any atom is -0.508 e. The molecular weight excluding hydrogens is 304 g/mol. The van der Waals surface area contributed by atoms with Crippen LogP contribution < -0.4 is 10.2 Å². The third kappa shape index (κ3) is 5.12. The number of ether oxygens (including phenoxy) is 1. The molecule has 0 spiro atoms. The Bertz CT molecular complexity index is 704. The Morgan fingerprint density at radius 1 is 1.12 bits per heavy atom. The van der Waals surface area contributed by atoms with Crippen LogP contribution in [0.2, 0.25) is 0 Å². The lowest BCUT2D eigenvalue weighted by Crippen LogP contribution is -2.25. The summed E-state index contributed by atoms with van der Waals surface area (Å²) in [5.41, 5.74) is 5.14. The second-order valence-electron chi connectivity index (χ2n) is 5.79. The van der Waals surface area contributed by atoms with E-state index in [2.05, 4.69) is 24.4 Å². The van der Waals surface area contributed by atoms with Crippen molar-refractivity contribution in [3.8, 4) is 11.5 Å². The van der Waals surface area contributed by atoms with E-state index in [0.717, 1.165) is 5.56 Å². The van der Waals surface area contributed by atoms with Crippen LogP contribution in [0.25, 0.3) is 0 Å². The Morgan fingerprint density at radius 2 is 1.75 bits per heavy atom. The molecule has 0 aliphatic rings. The summed E-state index contributed by atoms with van der Waals surface area (Å²) in [4.78, 5) is 11.8. The van der Waals surface area contributed by atoms with Crippen LogP contribution in [0.3, 0.4) is 0 Å². The molecule has 0 saturated carbocycles. The van der Waals surface area contributed by atoms with Crippen LogP contribution in [0.5, 0.6) is 11.5 Å². The van der Waals surface area contributed by atoms with Crippen LogP contribution in [0.4, 0.5) is 0 Å². The summed E-state index contributed by atoms with van der Waals surface area (Å²) < 4.78 is 5.44. The van der Waals surface area contributed by atoms with Crippen molar-refractivity contribution in [3.05, 3.63) is 59.7 Å². The van der Waals surface area contributed by atoms with Crippen molar-refractivity contribution in [1.29, 1.82) is 0 Å². The monoisotopic (exact) mass is 326 g/mol. The SMILES string of the molecule is CC(=NNC(=O)COc1ccc(C(C)C)cc1)c1ccc(O)cc1. The average Bonchev–Trinajstić information content (AvgIpc) is 2.58. The van der Waals surface area contributed by atoms with Gasteiger partial charge in [-0.15, -0.1) is 0 Å². The molecule has 0 bridgehead atoms. The molecule has 0 fully saturated rings. The van der Waals surface area contributed by atoms with E-state index in [9.17, 15) is 9.90 Å². The highest BCUT2D eigenvalue weighted by Crippen LogP contribution is 2.18. The maximum atomic E-state index is 11.8. The van der Waals surface area contributed by atoms with Gasteiger partial charge in [-0.05, 0) is 60.4 Å². The number of hydrogen-bond acceptors (Lipinski definition) is 4. The second kappa shape index (κ2) is 8.15. The Hall–Kier alpha value is -2.82. The van der Waals surface area contributed by atoms with Crippen molar-refractivity contribution in [2.45, 2.75) is 26.7 Å². The lowest BCUT2D eigenvalue weighted by Gasteiger charge is -2.08. The Labute approximate surface area is 142 Å². The van der Waals surface area contributed by atoms with Crippen LogP contribution in [-0.2, 0) is 4.79 Å². The van der Waals surface area contributed by atoms with Gasteiger partial charge >= 0.3 is 0 Å². The molecule has 2 rings (SSSR count). The number of carbonyl (C=O) groups excluding carboxylic acids is 1. The highest BCUT2D eigenvalue weighted by Gasteiger charge is 2.04. The lowest BCUT2D eigenvalue weighted by atomic mass is 10.0. The number of rotatable bonds is 6. The van der Waals surface area contributed by atoms with Gasteiger partial charge in [0.15, 0.2) is 6.61 Å². The predicted molar refractivity (Wildman–Crippen MR) is 94.5 cm³/mol. The van der Waals surface area contributed by atoms with E-state index < -0.39 is 0 Å². The molecule has 2 aromatic carbocycles. The molecule has 2 aromatic rings. The minimum atomic E-state index is -0.332. The summed E-state index contributed by atoms with van der Waals surface area (Å²) >= 11 is 0. The number of nitrogens with one attached hydrogen (secondary N) is 1. The maximum Gasteiger partial charge on any atom is 0.277 e. The van der Waals surface area contributed by atoms with Crippen LogP contribution >= 0.6 is 0 Å². The summed E-state index contributed by atoms with van der Waals surface area (Å²) in [7, 11) is 0. The first-order valence-electron chi connectivity index (χ1n) is 7.81. The quantitative estimate of drug-likeness (QED) is 0.631. The number of phenols is 1. The van der Waals surface area contributed by atoms with E-state index in [1.165, 1.54) is 5.56 Å². The number of phenolic OH excluding ortho intramolecular Hbond substituents is 1. The van der Waals surface area contributed by atoms with Crippen LogP contribution in [0.1, 0.15) is 37.8 Å². The number of amides is 1. The second-order valence-corrected chi connectivity index (χ2v) is 5.79. The molecule has 0 heterocycles. The van der Waals surface area contributed by atoms with Gasteiger partial charge in [0.2, 0.25) is 0 Å². The fourth-order valence-electron chi connectivity index (χ4n) is 2.04. The van der Waals surface area contributed by atoms with Crippen molar-refractivity contribution in [3.63, 3.8) is 0 Å². The molecule has 5 heteroatoms. The smallest absolute Gasteiger partial charge is 0.277 e. The Morgan fingerprint density at radius 3 is 2.33 bits per heavy atom. The zero-order chi connectivity index (χ0) is 17.5. The van der Waals surface area contributed by atoms with Crippen molar-refractivity contribution in [2.75, 3.05) is 6.61 Å². The summed E-state index contributed by atoms with van der Waals surface area (Å²) in [6.45, 7) is 5.92. The van der Waals surface area contributed by atoms with Gasteiger partial charge in [0.25, 0.3) is 5.91 Å². The molecule has 0 unspecified atom stereocenters. The summed E-state index contributed by atoms with van der Waals surface area (Å²) in [6.07, 6.45) is 0. The number of benzene rings is 2. The molecule has 1 amide bonds. The van der Waals surface area contributed by atoms with Gasteiger partial charge in [-0.1, -0.05) is 26.0 Å². The molecule has 0 aliphatic heterocycles. The van der Waals surface area contributed by atoms with Gasteiger partial charge in [0.1, 0.15) is 11.5 Å². The third-order valence-electron chi connectivity index (χ3n) is 3.55.